The average molecular weight is 450 g/mol. The molecule has 1 saturated carbocycles. The summed E-state index contributed by atoms with van der Waals surface area (Å²) in [5.41, 5.74) is 3.10. The van der Waals surface area contributed by atoms with Crippen molar-refractivity contribution in [1.82, 2.24) is 0 Å². The Morgan fingerprint density at radius 2 is 1.93 bits per heavy atom. The van der Waals surface area contributed by atoms with Crippen molar-refractivity contribution in [2.75, 3.05) is 6.61 Å². The van der Waals surface area contributed by atoms with Crippen LogP contribution in [0.1, 0.15) is 73.1 Å². The molecular formula is C20H36O7P2. The molecule has 9 heteroatoms. The van der Waals surface area contributed by atoms with Crippen LogP contribution in [0.15, 0.2) is 23.3 Å². The minimum atomic E-state index is -5.09. The van der Waals surface area contributed by atoms with Crippen LogP contribution in [0.5, 0.6) is 0 Å². The number of hydrogen-bond acceptors (Lipinski definition) is 4. The number of rotatable bonds is 8. The Balaban J connectivity index is 1.98. The summed E-state index contributed by atoms with van der Waals surface area (Å²) in [6, 6.07) is 0. The maximum absolute atomic E-state index is 11.5. The summed E-state index contributed by atoms with van der Waals surface area (Å²) in [6.45, 7) is 11.1. The van der Waals surface area contributed by atoms with Crippen LogP contribution in [0.25, 0.3) is 0 Å². The molecular weight excluding hydrogens is 414 g/mol. The van der Waals surface area contributed by atoms with Gasteiger partial charge in [0, 0.05) is 0 Å². The second-order valence-electron chi connectivity index (χ2n) is 9.52. The van der Waals surface area contributed by atoms with Gasteiger partial charge in [-0.1, -0.05) is 57.4 Å². The fourth-order valence-corrected chi connectivity index (χ4v) is 6.49. The van der Waals surface area contributed by atoms with Gasteiger partial charge >= 0.3 is 15.6 Å². The van der Waals surface area contributed by atoms with Gasteiger partial charge in [-0.25, -0.2) is 9.13 Å². The molecule has 0 aromatic rings. The van der Waals surface area contributed by atoms with Gasteiger partial charge in [-0.05, 0) is 61.7 Å². The summed E-state index contributed by atoms with van der Waals surface area (Å²) in [5, 5.41) is 0. The monoisotopic (exact) mass is 450 g/mol. The zero-order valence-corrected chi connectivity index (χ0v) is 19.9. The summed E-state index contributed by atoms with van der Waals surface area (Å²) in [4.78, 5) is 26.6. The van der Waals surface area contributed by atoms with Gasteiger partial charge in [0.05, 0.1) is 6.61 Å². The second-order valence-corrected chi connectivity index (χ2v) is 12.3. The fraction of sp³-hybridized carbons (Fsp3) is 0.800. The molecule has 0 bridgehead atoms. The summed E-state index contributed by atoms with van der Waals surface area (Å²) in [5.74, 6) is 1.18. The Morgan fingerprint density at radius 1 is 1.28 bits per heavy atom. The molecule has 1 fully saturated rings. The van der Waals surface area contributed by atoms with Gasteiger partial charge in [-0.15, -0.1) is 0 Å². The number of hydrogen-bond donors (Lipinski definition) is 3. The third-order valence-electron chi connectivity index (χ3n) is 7.00. The van der Waals surface area contributed by atoms with E-state index >= 15 is 0 Å². The van der Waals surface area contributed by atoms with Crippen molar-refractivity contribution in [1.29, 1.82) is 0 Å². The van der Waals surface area contributed by atoms with Crippen LogP contribution in [0.4, 0.5) is 0 Å². The normalized spacial score (nSPS) is 32.3. The van der Waals surface area contributed by atoms with Gasteiger partial charge in [0.25, 0.3) is 0 Å². The fourth-order valence-electron chi connectivity index (χ4n) is 4.96. The van der Waals surface area contributed by atoms with Gasteiger partial charge in [0.2, 0.25) is 0 Å². The van der Waals surface area contributed by atoms with E-state index in [9.17, 15) is 14.0 Å². The molecule has 2 rings (SSSR count). The van der Waals surface area contributed by atoms with Crippen LogP contribution in [-0.4, -0.2) is 21.3 Å². The van der Waals surface area contributed by atoms with Crippen LogP contribution in [0.2, 0.25) is 0 Å². The van der Waals surface area contributed by atoms with Crippen molar-refractivity contribution in [3.63, 3.8) is 0 Å². The molecule has 0 spiro atoms. The van der Waals surface area contributed by atoms with E-state index in [-0.39, 0.29) is 17.4 Å². The Kier molecular flexibility index (Phi) is 7.83. The Morgan fingerprint density at radius 3 is 2.55 bits per heavy atom. The van der Waals surface area contributed by atoms with Gasteiger partial charge in [0.1, 0.15) is 0 Å². The van der Waals surface area contributed by atoms with E-state index in [2.05, 4.69) is 42.6 Å². The lowest BCUT2D eigenvalue weighted by Gasteiger charge is -2.53. The average Bonchev–Trinajstić information content (AvgIpc) is 2.54. The predicted molar refractivity (Wildman–Crippen MR) is 113 cm³/mol. The van der Waals surface area contributed by atoms with Crippen LogP contribution >= 0.6 is 15.6 Å². The first-order valence-electron chi connectivity index (χ1n) is 10.3. The van der Waals surface area contributed by atoms with Crippen molar-refractivity contribution in [3.05, 3.63) is 23.3 Å². The maximum Gasteiger partial charge on any atom is 0.481 e. The maximum atomic E-state index is 11.5. The van der Waals surface area contributed by atoms with Gasteiger partial charge < -0.3 is 14.7 Å². The highest BCUT2D eigenvalue weighted by molar-refractivity contribution is 7.60. The van der Waals surface area contributed by atoms with E-state index < -0.39 is 15.6 Å². The molecule has 4 unspecified atom stereocenters. The molecule has 0 aromatic carbocycles. The first-order valence-corrected chi connectivity index (χ1v) is 13.3. The van der Waals surface area contributed by atoms with Crippen molar-refractivity contribution in [2.24, 2.45) is 22.7 Å². The van der Waals surface area contributed by atoms with E-state index in [4.69, 9.17) is 9.79 Å². The molecule has 29 heavy (non-hydrogen) atoms. The van der Waals surface area contributed by atoms with Crippen LogP contribution < -0.4 is 0 Å². The van der Waals surface area contributed by atoms with Gasteiger partial charge in [0.15, 0.2) is 0 Å². The minimum Gasteiger partial charge on any atom is -0.302 e. The summed E-state index contributed by atoms with van der Waals surface area (Å²) in [7, 11) is -9.88. The number of phosphoric ester groups is 1. The topological polar surface area (TPSA) is 113 Å². The van der Waals surface area contributed by atoms with Crippen LogP contribution in [0.3, 0.4) is 0 Å². The highest BCUT2D eigenvalue weighted by atomic mass is 31.3. The smallest absolute Gasteiger partial charge is 0.302 e. The molecule has 0 aromatic heterocycles. The van der Waals surface area contributed by atoms with Gasteiger partial charge in [-0.2, -0.15) is 4.31 Å². The van der Waals surface area contributed by atoms with E-state index in [0.29, 0.717) is 11.8 Å². The Bertz CT molecular complexity index is 752. The summed E-state index contributed by atoms with van der Waals surface area (Å²) in [6.07, 6.45) is 10.8. The van der Waals surface area contributed by atoms with E-state index in [0.717, 1.165) is 24.8 Å². The number of allylic oxidation sites excluding steroid dienone is 3. The Labute approximate surface area is 174 Å². The minimum absolute atomic E-state index is 0.202. The SMILES string of the molecule is CC(=CCOP(=O)(O)OP(=O)(O)O)CCC1(C)C(C)CC=C2C1CCCC2(C)C. The molecule has 0 heterocycles. The first kappa shape index (κ1) is 25.0. The van der Waals surface area contributed by atoms with Crippen molar-refractivity contribution in [3.8, 4) is 0 Å². The lowest BCUT2D eigenvalue weighted by atomic mass is 9.52. The van der Waals surface area contributed by atoms with E-state index in [1.165, 1.54) is 19.3 Å². The molecule has 0 radical (unpaired) electrons. The largest absolute Gasteiger partial charge is 0.481 e. The standard InChI is InChI=1S/C20H36O7P2/c1-15(11-14-26-29(24,25)27-28(21,22)23)10-13-20(5)16(2)8-9-17-18(20)7-6-12-19(17,3)4/h9,11,16,18H,6-8,10,12-14H2,1-5H3,(H,24,25)(H2,21,22,23). The Hall–Kier alpha value is -0.260. The molecule has 0 amide bonds. The predicted octanol–water partition coefficient (Wildman–Crippen LogP) is 5.74. The molecule has 3 N–H and O–H groups in total. The number of phosphoric acid groups is 2. The third-order valence-corrected chi connectivity index (χ3v) is 9.15. The molecule has 2 aliphatic carbocycles. The quantitative estimate of drug-likeness (QED) is 0.319. The summed E-state index contributed by atoms with van der Waals surface area (Å²) < 4.78 is 30.6. The number of fused-ring (bicyclic) bond motifs is 1. The lowest BCUT2D eigenvalue weighted by molar-refractivity contribution is 0.0583. The molecule has 0 saturated heterocycles. The van der Waals surface area contributed by atoms with Crippen LogP contribution in [-0.2, 0) is 18.0 Å². The summed E-state index contributed by atoms with van der Waals surface area (Å²) >= 11 is 0. The molecule has 168 valence electrons. The highest BCUT2D eigenvalue weighted by Crippen LogP contribution is 2.59. The zero-order chi connectivity index (χ0) is 22.1. The first-order chi connectivity index (χ1) is 13.2. The lowest BCUT2D eigenvalue weighted by Crippen LogP contribution is -2.43. The molecule has 0 aliphatic heterocycles. The van der Waals surface area contributed by atoms with E-state index in [1.54, 1.807) is 11.6 Å². The van der Waals surface area contributed by atoms with E-state index in [1.807, 2.05) is 6.92 Å². The molecule has 2 aliphatic rings. The van der Waals surface area contributed by atoms with Gasteiger partial charge in [-0.3, -0.25) is 4.52 Å². The van der Waals surface area contributed by atoms with Crippen molar-refractivity contribution < 1.29 is 32.6 Å². The van der Waals surface area contributed by atoms with Crippen molar-refractivity contribution in [2.45, 2.75) is 73.1 Å². The molecule has 4 atom stereocenters. The second kappa shape index (κ2) is 9.08. The highest BCUT2D eigenvalue weighted by Gasteiger charge is 2.47. The van der Waals surface area contributed by atoms with Crippen LogP contribution in [0, 0.1) is 22.7 Å². The third kappa shape index (κ3) is 6.61. The molecule has 7 nitrogen and oxygen atoms in total. The zero-order valence-electron chi connectivity index (χ0n) is 18.1. The van der Waals surface area contributed by atoms with Crippen molar-refractivity contribution >= 4 is 15.6 Å².